The molecule has 0 aliphatic rings. The van der Waals surface area contributed by atoms with Gasteiger partial charge in [0.1, 0.15) is 0 Å². The van der Waals surface area contributed by atoms with Gasteiger partial charge in [0.2, 0.25) is 11.8 Å². The van der Waals surface area contributed by atoms with Gasteiger partial charge in [-0.1, -0.05) is 23.4 Å². The number of halogens is 1. The molecule has 0 spiro atoms. The van der Waals surface area contributed by atoms with Crippen molar-refractivity contribution in [3.05, 3.63) is 45.7 Å². The smallest absolute Gasteiger partial charge is 0.255 e. The summed E-state index contributed by atoms with van der Waals surface area (Å²) in [5, 5.41) is 3.23. The molecule has 2 rings (SSSR count). The van der Waals surface area contributed by atoms with E-state index in [1.807, 2.05) is 0 Å². The number of thioether (sulfide) groups is 1. The van der Waals surface area contributed by atoms with E-state index in [-0.39, 0.29) is 17.3 Å². The Bertz CT molecular complexity index is 718. The zero-order valence-corrected chi connectivity index (χ0v) is 13.5. The van der Waals surface area contributed by atoms with Crippen LogP contribution in [0.15, 0.2) is 40.3 Å². The van der Waals surface area contributed by atoms with Crippen LogP contribution in [0.25, 0.3) is 0 Å². The molecule has 0 aliphatic heterocycles. The zero-order valence-electron chi connectivity index (χ0n) is 11.9. The van der Waals surface area contributed by atoms with E-state index in [1.54, 1.807) is 31.2 Å². The molecule has 116 valence electrons. The Labute approximate surface area is 136 Å². The second kappa shape index (κ2) is 7.33. The summed E-state index contributed by atoms with van der Waals surface area (Å²) < 4.78 is 4.93. The number of aromatic amines is 1. The van der Waals surface area contributed by atoms with Crippen LogP contribution in [0.2, 0.25) is 5.02 Å². The first-order valence-corrected chi connectivity index (χ1v) is 7.62. The fourth-order valence-corrected chi connectivity index (χ4v) is 2.50. The second-order valence-corrected chi connectivity index (χ2v) is 6.12. The van der Waals surface area contributed by atoms with Gasteiger partial charge >= 0.3 is 0 Å². The lowest BCUT2D eigenvalue weighted by molar-refractivity contribution is -0.115. The number of hydrogen-bond acceptors (Lipinski definition) is 5. The van der Waals surface area contributed by atoms with Crippen LogP contribution >= 0.6 is 23.4 Å². The lowest BCUT2D eigenvalue weighted by Crippen LogP contribution is -2.23. The van der Waals surface area contributed by atoms with Crippen molar-refractivity contribution in [1.29, 1.82) is 0 Å². The monoisotopic (exact) mass is 339 g/mol. The van der Waals surface area contributed by atoms with Crippen LogP contribution in [0.5, 0.6) is 5.88 Å². The largest absolute Gasteiger partial charge is 0.481 e. The molecule has 0 saturated carbocycles. The predicted octanol–water partition coefficient (Wildman–Crippen LogP) is 2.55. The van der Waals surface area contributed by atoms with E-state index in [4.69, 9.17) is 16.3 Å². The first kappa shape index (κ1) is 16.4. The van der Waals surface area contributed by atoms with Gasteiger partial charge < -0.3 is 15.0 Å². The molecule has 0 aliphatic carbocycles. The summed E-state index contributed by atoms with van der Waals surface area (Å²) in [6.07, 6.45) is 0. The number of carbonyl (C=O) groups excluding carboxylic acids is 1. The van der Waals surface area contributed by atoms with Crippen molar-refractivity contribution in [3.8, 4) is 5.88 Å². The number of nitrogens with zero attached hydrogens (tertiary/aromatic N) is 1. The van der Waals surface area contributed by atoms with E-state index in [0.717, 1.165) is 11.8 Å². The van der Waals surface area contributed by atoms with Crippen LogP contribution in [-0.2, 0) is 4.79 Å². The molecular formula is C14H14ClN3O3S. The lowest BCUT2D eigenvalue weighted by Gasteiger charge is -2.11. The van der Waals surface area contributed by atoms with Crippen molar-refractivity contribution in [2.75, 3.05) is 12.4 Å². The Morgan fingerprint density at radius 3 is 2.73 bits per heavy atom. The second-order valence-electron chi connectivity index (χ2n) is 4.35. The molecule has 1 amide bonds. The maximum atomic E-state index is 12.1. The summed E-state index contributed by atoms with van der Waals surface area (Å²) in [7, 11) is 1.42. The summed E-state index contributed by atoms with van der Waals surface area (Å²) in [5.74, 6) is -0.00523. The van der Waals surface area contributed by atoms with Crippen molar-refractivity contribution < 1.29 is 9.53 Å². The van der Waals surface area contributed by atoms with Gasteiger partial charge in [-0.2, -0.15) is 4.98 Å². The van der Waals surface area contributed by atoms with E-state index < -0.39 is 5.25 Å². The van der Waals surface area contributed by atoms with Crippen LogP contribution in [0.4, 0.5) is 5.69 Å². The number of hydrogen-bond donors (Lipinski definition) is 2. The number of carbonyl (C=O) groups is 1. The quantitative estimate of drug-likeness (QED) is 0.646. The fourth-order valence-electron chi connectivity index (χ4n) is 1.57. The molecule has 2 aromatic rings. The van der Waals surface area contributed by atoms with Crippen molar-refractivity contribution in [2.45, 2.75) is 17.3 Å². The average molecular weight is 340 g/mol. The van der Waals surface area contributed by atoms with E-state index in [1.165, 1.54) is 13.2 Å². The molecule has 8 heteroatoms. The fraction of sp³-hybridized carbons (Fsp3) is 0.214. The van der Waals surface area contributed by atoms with Gasteiger partial charge in [-0.05, 0) is 31.2 Å². The number of ether oxygens (including phenoxy) is 1. The molecule has 0 bridgehead atoms. The molecule has 22 heavy (non-hydrogen) atoms. The number of methoxy groups -OCH3 is 1. The maximum absolute atomic E-state index is 12.1. The van der Waals surface area contributed by atoms with E-state index in [2.05, 4.69) is 15.3 Å². The minimum atomic E-state index is -0.453. The van der Waals surface area contributed by atoms with Gasteiger partial charge in [0.25, 0.3) is 5.56 Å². The van der Waals surface area contributed by atoms with Gasteiger partial charge in [0.05, 0.1) is 18.4 Å². The highest BCUT2D eigenvalue weighted by Gasteiger charge is 2.16. The van der Waals surface area contributed by atoms with Gasteiger partial charge in [-0.15, -0.1) is 0 Å². The zero-order chi connectivity index (χ0) is 16.1. The van der Waals surface area contributed by atoms with E-state index in [9.17, 15) is 9.59 Å². The van der Waals surface area contributed by atoms with Gasteiger partial charge in [0, 0.05) is 10.7 Å². The average Bonchev–Trinajstić information content (AvgIpc) is 2.48. The van der Waals surface area contributed by atoms with Gasteiger partial charge in [0.15, 0.2) is 5.16 Å². The maximum Gasteiger partial charge on any atom is 0.255 e. The Morgan fingerprint density at radius 1 is 1.41 bits per heavy atom. The number of anilines is 1. The van der Waals surface area contributed by atoms with Crippen molar-refractivity contribution >= 4 is 35.0 Å². The Kier molecular flexibility index (Phi) is 5.46. The first-order valence-electron chi connectivity index (χ1n) is 6.36. The number of rotatable bonds is 5. The Morgan fingerprint density at radius 2 is 2.09 bits per heavy atom. The van der Waals surface area contributed by atoms with Crippen LogP contribution in [0, 0.1) is 0 Å². The molecule has 0 radical (unpaired) electrons. The summed E-state index contributed by atoms with van der Waals surface area (Å²) >= 11 is 6.92. The molecule has 0 saturated heterocycles. The summed E-state index contributed by atoms with van der Waals surface area (Å²) in [5.41, 5.74) is 0.314. The third-order valence-electron chi connectivity index (χ3n) is 2.67. The van der Waals surface area contributed by atoms with E-state index >= 15 is 0 Å². The predicted molar refractivity (Wildman–Crippen MR) is 86.8 cm³/mol. The molecule has 2 N–H and O–H groups in total. The third-order valence-corrected chi connectivity index (χ3v) is 3.91. The van der Waals surface area contributed by atoms with Gasteiger partial charge in [-0.25, -0.2) is 0 Å². The van der Waals surface area contributed by atoms with Crippen LogP contribution in [-0.4, -0.2) is 28.2 Å². The molecule has 1 aromatic carbocycles. The minimum absolute atomic E-state index is 0.205. The summed E-state index contributed by atoms with van der Waals surface area (Å²) in [6, 6.07) is 8.04. The van der Waals surface area contributed by atoms with Crippen LogP contribution in [0.3, 0.4) is 0 Å². The number of nitrogens with one attached hydrogen (secondary N) is 2. The lowest BCUT2D eigenvalue weighted by atomic mass is 10.3. The molecular weight excluding hydrogens is 326 g/mol. The highest BCUT2D eigenvalue weighted by atomic mass is 35.5. The highest BCUT2D eigenvalue weighted by Crippen LogP contribution is 2.21. The highest BCUT2D eigenvalue weighted by molar-refractivity contribution is 8.00. The molecule has 1 atom stereocenters. The number of amides is 1. The standard InChI is InChI=1S/C14H14ClN3O3S/c1-8(13(20)16-10-5-3-9(15)4-6-10)22-14-17-11(19)7-12(18-14)21-2/h3-8H,1-2H3,(H,16,20)(H,17,18,19)/t8-/m1/s1. The topological polar surface area (TPSA) is 84.1 Å². The first-order chi connectivity index (χ1) is 10.5. The Hall–Kier alpha value is -1.99. The molecule has 1 aromatic heterocycles. The molecule has 0 fully saturated rings. The summed E-state index contributed by atoms with van der Waals surface area (Å²) in [6.45, 7) is 1.72. The molecule has 1 heterocycles. The summed E-state index contributed by atoms with van der Waals surface area (Å²) in [4.78, 5) is 30.2. The number of aromatic nitrogens is 2. The van der Waals surface area contributed by atoms with Crippen molar-refractivity contribution in [1.82, 2.24) is 9.97 Å². The van der Waals surface area contributed by atoms with E-state index in [0.29, 0.717) is 15.9 Å². The van der Waals surface area contributed by atoms with Crippen LogP contribution in [0.1, 0.15) is 6.92 Å². The number of H-pyrrole nitrogens is 1. The van der Waals surface area contributed by atoms with Crippen molar-refractivity contribution in [2.24, 2.45) is 0 Å². The Balaban J connectivity index is 2.03. The van der Waals surface area contributed by atoms with Crippen molar-refractivity contribution in [3.63, 3.8) is 0 Å². The molecule has 6 nitrogen and oxygen atoms in total. The SMILES string of the molecule is COc1cc(=O)[nH]c(S[C@H](C)C(=O)Nc2ccc(Cl)cc2)n1. The number of benzene rings is 1. The molecule has 0 unspecified atom stereocenters. The van der Waals surface area contributed by atoms with Gasteiger partial charge in [-0.3, -0.25) is 9.59 Å². The normalized spacial score (nSPS) is 11.8. The third kappa shape index (κ3) is 4.51. The minimum Gasteiger partial charge on any atom is -0.481 e. The van der Waals surface area contributed by atoms with Crippen LogP contribution < -0.4 is 15.6 Å².